The Labute approximate surface area is 155 Å². The largest absolute Gasteiger partial charge is 0.381 e. The monoisotopic (exact) mass is 372 g/mol. The third-order valence-corrected chi connectivity index (χ3v) is 4.13. The first kappa shape index (κ1) is 17.2. The van der Waals surface area contributed by atoms with Crippen LogP contribution in [0.3, 0.4) is 0 Å². The zero-order valence-corrected chi connectivity index (χ0v) is 14.6. The summed E-state index contributed by atoms with van der Waals surface area (Å²) in [6, 6.07) is 12.2. The summed E-state index contributed by atoms with van der Waals surface area (Å²) in [5, 5.41) is 6.79. The standard InChI is InChI=1S/C18H14Cl2N4O/c19-15-4-3-14(8-16(15)20)24-18(25)17-9-13(5-7-22-17)23-11-12-2-1-6-21-10-12/h1-10H,11H2,(H,22,23)(H,24,25). The number of pyridine rings is 2. The van der Waals surface area contributed by atoms with Gasteiger partial charge in [-0.05, 0) is 42.0 Å². The predicted octanol–water partition coefficient (Wildman–Crippen LogP) is 4.65. The van der Waals surface area contributed by atoms with E-state index >= 15 is 0 Å². The molecule has 0 aliphatic carbocycles. The van der Waals surface area contributed by atoms with Crippen LogP contribution in [0, 0.1) is 0 Å². The quantitative estimate of drug-likeness (QED) is 0.683. The Hall–Kier alpha value is -2.63. The van der Waals surface area contributed by atoms with Gasteiger partial charge in [0, 0.05) is 36.5 Å². The van der Waals surface area contributed by atoms with Gasteiger partial charge in [0.2, 0.25) is 0 Å². The van der Waals surface area contributed by atoms with E-state index in [4.69, 9.17) is 23.2 Å². The molecule has 25 heavy (non-hydrogen) atoms. The van der Waals surface area contributed by atoms with Gasteiger partial charge in [0.1, 0.15) is 5.69 Å². The second-order valence-electron chi connectivity index (χ2n) is 5.23. The van der Waals surface area contributed by atoms with Gasteiger partial charge in [0.05, 0.1) is 10.0 Å². The molecule has 0 atom stereocenters. The summed E-state index contributed by atoms with van der Waals surface area (Å²) >= 11 is 11.8. The molecular weight excluding hydrogens is 359 g/mol. The first-order chi connectivity index (χ1) is 12.1. The Balaban J connectivity index is 1.67. The first-order valence-corrected chi connectivity index (χ1v) is 8.22. The van der Waals surface area contributed by atoms with E-state index in [-0.39, 0.29) is 5.91 Å². The average molecular weight is 373 g/mol. The molecule has 0 saturated heterocycles. The Morgan fingerprint density at radius 2 is 1.88 bits per heavy atom. The Morgan fingerprint density at radius 1 is 1.00 bits per heavy atom. The third kappa shape index (κ3) is 4.68. The van der Waals surface area contributed by atoms with Crippen LogP contribution >= 0.6 is 23.2 Å². The van der Waals surface area contributed by atoms with Crippen molar-refractivity contribution >= 4 is 40.5 Å². The summed E-state index contributed by atoms with van der Waals surface area (Å²) in [6.07, 6.45) is 5.09. The van der Waals surface area contributed by atoms with Crippen LogP contribution in [0.1, 0.15) is 16.1 Å². The van der Waals surface area contributed by atoms with Crippen LogP contribution in [-0.4, -0.2) is 15.9 Å². The highest BCUT2D eigenvalue weighted by atomic mass is 35.5. The second-order valence-corrected chi connectivity index (χ2v) is 6.04. The molecule has 0 bridgehead atoms. The molecule has 1 amide bonds. The number of carbonyl (C=O) groups is 1. The van der Waals surface area contributed by atoms with Crippen LogP contribution in [0.15, 0.2) is 61.1 Å². The van der Waals surface area contributed by atoms with E-state index in [1.165, 1.54) is 0 Å². The highest BCUT2D eigenvalue weighted by Gasteiger charge is 2.09. The molecule has 0 radical (unpaired) electrons. The van der Waals surface area contributed by atoms with E-state index in [0.29, 0.717) is 28.0 Å². The maximum absolute atomic E-state index is 12.3. The minimum absolute atomic E-state index is 0.294. The van der Waals surface area contributed by atoms with Gasteiger partial charge in [0.15, 0.2) is 0 Å². The fourth-order valence-electron chi connectivity index (χ4n) is 2.14. The number of nitrogens with zero attached hydrogens (tertiary/aromatic N) is 2. The number of halogens is 2. The lowest BCUT2D eigenvalue weighted by atomic mass is 10.2. The molecule has 0 saturated carbocycles. The summed E-state index contributed by atoms with van der Waals surface area (Å²) in [7, 11) is 0. The summed E-state index contributed by atoms with van der Waals surface area (Å²) in [4.78, 5) is 20.5. The van der Waals surface area contributed by atoms with Crippen LogP contribution in [0.25, 0.3) is 0 Å². The number of anilines is 2. The summed E-state index contributed by atoms with van der Waals surface area (Å²) in [5.41, 5.74) is 2.68. The Bertz CT molecular complexity index is 887. The summed E-state index contributed by atoms with van der Waals surface area (Å²) in [5.74, 6) is -0.330. The minimum atomic E-state index is -0.330. The lowest BCUT2D eigenvalue weighted by molar-refractivity contribution is 0.102. The van der Waals surface area contributed by atoms with Crippen molar-refractivity contribution in [2.45, 2.75) is 6.54 Å². The average Bonchev–Trinajstić information content (AvgIpc) is 2.64. The van der Waals surface area contributed by atoms with E-state index in [2.05, 4.69) is 20.6 Å². The molecule has 7 heteroatoms. The van der Waals surface area contributed by atoms with Crippen molar-refractivity contribution in [3.8, 4) is 0 Å². The molecule has 3 aromatic rings. The maximum atomic E-state index is 12.3. The highest BCUT2D eigenvalue weighted by molar-refractivity contribution is 6.42. The number of amides is 1. The molecule has 0 aliphatic heterocycles. The molecule has 126 valence electrons. The molecule has 0 unspecified atom stereocenters. The fraction of sp³-hybridized carbons (Fsp3) is 0.0556. The van der Waals surface area contributed by atoms with Crippen molar-refractivity contribution in [3.63, 3.8) is 0 Å². The number of carbonyl (C=O) groups excluding carboxylic acids is 1. The van der Waals surface area contributed by atoms with Gasteiger partial charge in [-0.25, -0.2) is 0 Å². The number of hydrogen-bond donors (Lipinski definition) is 2. The molecule has 2 aromatic heterocycles. The lowest BCUT2D eigenvalue weighted by Crippen LogP contribution is -2.14. The SMILES string of the molecule is O=C(Nc1ccc(Cl)c(Cl)c1)c1cc(NCc2cccnc2)ccn1. The second kappa shape index (κ2) is 7.96. The fourth-order valence-corrected chi connectivity index (χ4v) is 2.44. The van der Waals surface area contributed by atoms with Crippen molar-refractivity contribution in [3.05, 3.63) is 82.4 Å². The molecule has 0 aliphatic rings. The van der Waals surface area contributed by atoms with Crippen molar-refractivity contribution in [1.29, 1.82) is 0 Å². The third-order valence-electron chi connectivity index (χ3n) is 3.39. The van der Waals surface area contributed by atoms with E-state index < -0.39 is 0 Å². The molecule has 2 N–H and O–H groups in total. The van der Waals surface area contributed by atoms with Crippen LogP contribution in [0.4, 0.5) is 11.4 Å². The summed E-state index contributed by atoms with van der Waals surface area (Å²) in [6.45, 7) is 0.603. The van der Waals surface area contributed by atoms with Crippen molar-refractivity contribution < 1.29 is 4.79 Å². The maximum Gasteiger partial charge on any atom is 0.274 e. The van der Waals surface area contributed by atoms with Gasteiger partial charge in [-0.1, -0.05) is 29.3 Å². The Morgan fingerprint density at radius 3 is 2.64 bits per heavy atom. The predicted molar refractivity (Wildman–Crippen MR) is 100 cm³/mol. The van der Waals surface area contributed by atoms with E-state index in [1.807, 2.05) is 12.1 Å². The normalized spacial score (nSPS) is 10.3. The van der Waals surface area contributed by atoms with Gasteiger partial charge in [-0.3, -0.25) is 14.8 Å². The van der Waals surface area contributed by atoms with Gasteiger partial charge in [0.25, 0.3) is 5.91 Å². The van der Waals surface area contributed by atoms with Gasteiger partial charge in [-0.2, -0.15) is 0 Å². The number of benzene rings is 1. The smallest absolute Gasteiger partial charge is 0.274 e. The minimum Gasteiger partial charge on any atom is -0.381 e. The first-order valence-electron chi connectivity index (χ1n) is 7.47. The number of hydrogen-bond acceptors (Lipinski definition) is 4. The molecule has 0 spiro atoms. The zero-order chi connectivity index (χ0) is 17.6. The van der Waals surface area contributed by atoms with Crippen LogP contribution in [0.2, 0.25) is 10.0 Å². The molecule has 0 fully saturated rings. The molecule has 1 aromatic carbocycles. The van der Waals surface area contributed by atoms with Gasteiger partial charge < -0.3 is 10.6 Å². The van der Waals surface area contributed by atoms with E-state index in [1.54, 1.807) is 48.9 Å². The van der Waals surface area contributed by atoms with Crippen LogP contribution in [0.5, 0.6) is 0 Å². The van der Waals surface area contributed by atoms with Crippen LogP contribution < -0.4 is 10.6 Å². The topological polar surface area (TPSA) is 66.9 Å². The number of aromatic nitrogens is 2. The van der Waals surface area contributed by atoms with Crippen molar-refractivity contribution in [2.75, 3.05) is 10.6 Å². The number of rotatable bonds is 5. The summed E-state index contributed by atoms with van der Waals surface area (Å²) < 4.78 is 0. The molecular formula is C18H14Cl2N4O. The highest BCUT2D eigenvalue weighted by Crippen LogP contribution is 2.25. The molecule has 3 rings (SSSR count). The van der Waals surface area contributed by atoms with E-state index in [0.717, 1.165) is 11.3 Å². The van der Waals surface area contributed by atoms with Gasteiger partial charge in [-0.15, -0.1) is 0 Å². The van der Waals surface area contributed by atoms with E-state index in [9.17, 15) is 4.79 Å². The molecule has 5 nitrogen and oxygen atoms in total. The lowest BCUT2D eigenvalue weighted by Gasteiger charge is -2.09. The van der Waals surface area contributed by atoms with Crippen LogP contribution in [-0.2, 0) is 6.54 Å². The number of nitrogens with one attached hydrogen (secondary N) is 2. The van der Waals surface area contributed by atoms with Gasteiger partial charge >= 0.3 is 0 Å². The Kier molecular flexibility index (Phi) is 5.48. The zero-order valence-electron chi connectivity index (χ0n) is 13.0. The van der Waals surface area contributed by atoms with Crippen molar-refractivity contribution in [2.24, 2.45) is 0 Å². The molecule has 2 heterocycles. The van der Waals surface area contributed by atoms with Crippen molar-refractivity contribution in [1.82, 2.24) is 9.97 Å².